The summed E-state index contributed by atoms with van der Waals surface area (Å²) >= 11 is 0. The van der Waals surface area contributed by atoms with Gasteiger partial charge in [0.2, 0.25) is 0 Å². The van der Waals surface area contributed by atoms with Crippen molar-refractivity contribution >= 4 is 11.0 Å². The first-order valence-electron chi connectivity index (χ1n) is 6.85. The maximum Gasteiger partial charge on any atom is 0.142 e. The minimum Gasteiger partial charge on any atom is -0.326 e. The van der Waals surface area contributed by atoms with Gasteiger partial charge in [-0.1, -0.05) is 6.07 Å². The zero-order valence-electron chi connectivity index (χ0n) is 11.8. The Kier molecular flexibility index (Phi) is 3.24. The Morgan fingerprint density at radius 2 is 2.10 bits per heavy atom. The summed E-state index contributed by atoms with van der Waals surface area (Å²) in [6.45, 7) is 5.56. The number of nitrogens with zero attached hydrogens (tertiary/aromatic N) is 3. The Balaban J connectivity index is 2.28. The van der Waals surface area contributed by atoms with Gasteiger partial charge in [-0.15, -0.1) is 0 Å². The van der Waals surface area contributed by atoms with Crippen molar-refractivity contribution in [2.45, 2.75) is 26.9 Å². The van der Waals surface area contributed by atoms with Crippen LogP contribution >= 0.6 is 0 Å². The number of pyridine rings is 1. The first-order valence-corrected chi connectivity index (χ1v) is 6.85. The van der Waals surface area contributed by atoms with Crippen LogP contribution in [-0.4, -0.2) is 14.5 Å². The van der Waals surface area contributed by atoms with Crippen molar-refractivity contribution in [1.82, 2.24) is 14.5 Å². The van der Waals surface area contributed by atoms with E-state index in [9.17, 15) is 0 Å². The van der Waals surface area contributed by atoms with Gasteiger partial charge in [-0.3, -0.25) is 4.98 Å². The normalized spacial score (nSPS) is 11.2. The molecule has 0 unspecified atom stereocenters. The summed E-state index contributed by atoms with van der Waals surface area (Å²) in [7, 11) is 0. The monoisotopic (exact) mass is 266 g/mol. The van der Waals surface area contributed by atoms with Crippen LogP contribution in [-0.2, 0) is 13.1 Å². The Hall–Kier alpha value is -2.20. The maximum atomic E-state index is 5.71. The van der Waals surface area contributed by atoms with Gasteiger partial charge >= 0.3 is 0 Å². The Morgan fingerprint density at radius 1 is 1.25 bits per heavy atom. The molecule has 0 aliphatic heterocycles. The highest BCUT2D eigenvalue weighted by Crippen LogP contribution is 2.26. The molecule has 0 saturated carbocycles. The minimum absolute atomic E-state index is 0.538. The number of imidazole rings is 1. The Labute approximate surface area is 118 Å². The van der Waals surface area contributed by atoms with Crippen LogP contribution < -0.4 is 5.73 Å². The average molecular weight is 266 g/mol. The fourth-order valence-corrected chi connectivity index (χ4v) is 2.55. The van der Waals surface area contributed by atoms with Gasteiger partial charge in [-0.2, -0.15) is 0 Å². The molecule has 0 amide bonds. The van der Waals surface area contributed by atoms with E-state index < -0.39 is 0 Å². The fraction of sp³-hybridized carbons (Fsp3) is 0.250. The van der Waals surface area contributed by atoms with Crippen molar-refractivity contribution < 1.29 is 0 Å². The molecule has 0 saturated heterocycles. The van der Waals surface area contributed by atoms with E-state index in [0.29, 0.717) is 6.54 Å². The molecule has 102 valence electrons. The molecule has 3 rings (SSSR count). The number of rotatable bonds is 3. The van der Waals surface area contributed by atoms with Gasteiger partial charge in [0.25, 0.3) is 0 Å². The molecule has 0 atom stereocenters. The van der Waals surface area contributed by atoms with E-state index in [2.05, 4.69) is 40.7 Å². The molecule has 0 radical (unpaired) electrons. The third-order valence-corrected chi connectivity index (χ3v) is 3.61. The first-order chi connectivity index (χ1) is 9.74. The molecule has 0 fully saturated rings. The summed E-state index contributed by atoms with van der Waals surface area (Å²) in [6.07, 6.45) is 1.81. The van der Waals surface area contributed by atoms with Gasteiger partial charge in [-0.25, -0.2) is 4.98 Å². The van der Waals surface area contributed by atoms with E-state index in [4.69, 9.17) is 10.7 Å². The van der Waals surface area contributed by atoms with Gasteiger partial charge in [0.05, 0.1) is 11.0 Å². The fourth-order valence-electron chi connectivity index (χ4n) is 2.55. The van der Waals surface area contributed by atoms with Crippen LogP contribution in [0.25, 0.3) is 22.4 Å². The van der Waals surface area contributed by atoms with Crippen molar-refractivity contribution in [3.63, 3.8) is 0 Å². The summed E-state index contributed by atoms with van der Waals surface area (Å²) in [5.41, 5.74) is 11.0. The lowest BCUT2D eigenvalue weighted by Gasteiger charge is -2.07. The molecular weight excluding hydrogens is 248 g/mol. The van der Waals surface area contributed by atoms with Crippen molar-refractivity contribution in [1.29, 1.82) is 0 Å². The second-order valence-corrected chi connectivity index (χ2v) is 4.84. The summed E-state index contributed by atoms with van der Waals surface area (Å²) < 4.78 is 2.22. The Morgan fingerprint density at radius 3 is 2.80 bits per heavy atom. The predicted molar refractivity (Wildman–Crippen MR) is 81.3 cm³/mol. The molecule has 4 nitrogen and oxygen atoms in total. The molecule has 2 aromatic heterocycles. The summed E-state index contributed by atoms with van der Waals surface area (Å²) in [4.78, 5) is 9.15. The van der Waals surface area contributed by atoms with Crippen LogP contribution in [0, 0.1) is 6.92 Å². The van der Waals surface area contributed by atoms with E-state index in [0.717, 1.165) is 40.2 Å². The molecule has 20 heavy (non-hydrogen) atoms. The lowest BCUT2D eigenvalue weighted by atomic mass is 10.2. The zero-order valence-corrected chi connectivity index (χ0v) is 11.8. The molecule has 1 aromatic carbocycles. The lowest BCUT2D eigenvalue weighted by Crippen LogP contribution is -1.99. The largest absolute Gasteiger partial charge is 0.326 e. The molecule has 0 bridgehead atoms. The second-order valence-electron chi connectivity index (χ2n) is 4.84. The standard InChI is InChI=1S/C16H18N4/c1-3-20-15-7-6-12(10-17)9-14(15)19-16(20)13-5-4-8-18-11(13)2/h4-9H,3,10,17H2,1-2H3. The van der Waals surface area contributed by atoms with Gasteiger partial charge in [0, 0.05) is 30.5 Å². The molecule has 2 heterocycles. The van der Waals surface area contributed by atoms with Crippen LogP contribution in [0.4, 0.5) is 0 Å². The third-order valence-electron chi connectivity index (χ3n) is 3.61. The smallest absolute Gasteiger partial charge is 0.142 e. The topological polar surface area (TPSA) is 56.7 Å². The van der Waals surface area contributed by atoms with E-state index in [1.165, 1.54) is 0 Å². The number of hydrogen-bond acceptors (Lipinski definition) is 3. The summed E-state index contributed by atoms with van der Waals surface area (Å²) in [5.74, 6) is 0.974. The molecule has 2 N–H and O–H groups in total. The SMILES string of the molecule is CCn1c(-c2cccnc2C)nc2cc(CN)ccc21. The van der Waals surface area contributed by atoms with Gasteiger partial charge in [0.15, 0.2) is 0 Å². The highest BCUT2D eigenvalue weighted by molar-refractivity contribution is 5.81. The van der Waals surface area contributed by atoms with Crippen molar-refractivity contribution in [2.75, 3.05) is 0 Å². The average Bonchev–Trinajstić information content (AvgIpc) is 2.84. The third kappa shape index (κ3) is 1.98. The minimum atomic E-state index is 0.538. The van der Waals surface area contributed by atoms with Crippen molar-refractivity contribution in [3.8, 4) is 11.4 Å². The Bertz CT molecular complexity index is 758. The molecule has 3 aromatic rings. The molecular formula is C16H18N4. The molecule has 0 spiro atoms. The summed E-state index contributed by atoms with van der Waals surface area (Å²) in [6, 6.07) is 10.3. The molecule has 0 aliphatic carbocycles. The van der Waals surface area contributed by atoms with E-state index in [1.54, 1.807) is 0 Å². The number of benzene rings is 1. The van der Waals surface area contributed by atoms with Crippen LogP contribution in [0.5, 0.6) is 0 Å². The number of fused-ring (bicyclic) bond motifs is 1. The van der Waals surface area contributed by atoms with Crippen LogP contribution in [0.1, 0.15) is 18.2 Å². The highest BCUT2D eigenvalue weighted by atomic mass is 15.1. The first kappa shape index (κ1) is 12.8. The second kappa shape index (κ2) is 5.06. The number of hydrogen-bond donors (Lipinski definition) is 1. The van der Waals surface area contributed by atoms with Gasteiger partial charge in [0.1, 0.15) is 5.82 Å². The molecule has 0 aliphatic rings. The maximum absolute atomic E-state index is 5.71. The van der Waals surface area contributed by atoms with Crippen LogP contribution in [0.3, 0.4) is 0 Å². The van der Waals surface area contributed by atoms with Crippen LogP contribution in [0.2, 0.25) is 0 Å². The van der Waals surface area contributed by atoms with Crippen molar-refractivity contribution in [3.05, 3.63) is 47.8 Å². The highest BCUT2D eigenvalue weighted by Gasteiger charge is 2.13. The van der Waals surface area contributed by atoms with Gasteiger partial charge in [-0.05, 0) is 43.7 Å². The van der Waals surface area contributed by atoms with Crippen LogP contribution in [0.15, 0.2) is 36.5 Å². The quantitative estimate of drug-likeness (QED) is 0.793. The number of aryl methyl sites for hydroxylation is 2. The number of aromatic nitrogens is 3. The summed E-state index contributed by atoms with van der Waals surface area (Å²) in [5, 5.41) is 0. The van der Waals surface area contributed by atoms with E-state index >= 15 is 0 Å². The van der Waals surface area contributed by atoms with E-state index in [1.807, 2.05) is 19.2 Å². The van der Waals surface area contributed by atoms with Gasteiger partial charge < -0.3 is 10.3 Å². The van der Waals surface area contributed by atoms with Crippen molar-refractivity contribution in [2.24, 2.45) is 5.73 Å². The number of nitrogens with two attached hydrogens (primary N) is 1. The zero-order chi connectivity index (χ0) is 14.1. The van der Waals surface area contributed by atoms with E-state index in [-0.39, 0.29) is 0 Å². The predicted octanol–water partition coefficient (Wildman–Crippen LogP) is 2.89. The lowest BCUT2D eigenvalue weighted by molar-refractivity contribution is 0.795. The molecule has 4 heteroatoms.